The van der Waals surface area contributed by atoms with E-state index in [0.717, 1.165) is 5.56 Å². The van der Waals surface area contributed by atoms with Gasteiger partial charge < -0.3 is 15.2 Å². The number of pyridine rings is 1. The number of hydrogen-bond acceptors (Lipinski definition) is 5. The summed E-state index contributed by atoms with van der Waals surface area (Å²) in [7, 11) is 1.55. The first-order chi connectivity index (χ1) is 8.87. The van der Waals surface area contributed by atoms with Crippen LogP contribution in [0, 0.1) is 0 Å². The van der Waals surface area contributed by atoms with Gasteiger partial charge in [-0.3, -0.25) is 4.79 Å². The maximum atomic E-state index is 12.2. The lowest BCUT2D eigenvalue weighted by atomic mass is 9.97. The molecule has 1 rings (SSSR count). The highest BCUT2D eigenvalue weighted by Gasteiger charge is 2.26. The van der Waals surface area contributed by atoms with Crippen LogP contribution in [-0.4, -0.2) is 30.2 Å². The van der Waals surface area contributed by atoms with Crippen molar-refractivity contribution < 1.29 is 14.3 Å². The summed E-state index contributed by atoms with van der Waals surface area (Å²) in [5, 5.41) is 0. The van der Waals surface area contributed by atoms with Gasteiger partial charge in [0.2, 0.25) is 5.88 Å². The molecule has 0 amide bonds. The van der Waals surface area contributed by atoms with Crippen molar-refractivity contribution in [2.24, 2.45) is 5.73 Å². The minimum atomic E-state index is -0.510. The third-order valence-electron chi connectivity index (χ3n) is 2.52. The predicted octanol–water partition coefficient (Wildman–Crippen LogP) is 1.86. The molecule has 106 valence electrons. The Morgan fingerprint density at radius 2 is 2.11 bits per heavy atom. The molecule has 0 saturated carbocycles. The number of aromatic nitrogens is 1. The minimum absolute atomic E-state index is 0.273. The van der Waals surface area contributed by atoms with Gasteiger partial charge in [0.15, 0.2) is 0 Å². The zero-order valence-corrected chi connectivity index (χ0v) is 12.0. The molecular weight excluding hydrogens is 244 g/mol. The van der Waals surface area contributed by atoms with Crippen molar-refractivity contribution in [3.05, 3.63) is 23.9 Å². The van der Waals surface area contributed by atoms with Gasteiger partial charge in [-0.25, -0.2) is 4.98 Å². The first kappa shape index (κ1) is 15.4. The Morgan fingerprint density at radius 3 is 2.53 bits per heavy atom. The van der Waals surface area contributed by atoms with E-state index in [0.29, 0.717) is 18.8 Å². The summed E-state index contributed by atoms with van der Waals surface area (Å²) in [4.78, 5) is 16.3. The first-order valence-corrected chi connectivity index (χ1v) is 6.30. The minimum Gasteiger partial charge on any atom is -0.481 e. The molecule has 0 aromatic carbocycles. The zero-order valence-electron chi connectivity index (χ0n) is 12.0. The summed E-state index contributed by atoms with van der Waals surface area (Å²) in [5.74, 6) is -0.146. The van der Waals surface area contributed by atoms with Crippen molar-refractivity contribution >= 4 is 5.97 Å². The summed E-state index contributed by atoms with van der Waals surface area (Å²) in [6.45, 7) is 5.94. The average molecular weight is 266 g/mol. The Kier molecular flexibility index (Phi) is 5.30. The molecule has 5 nitrogen and oxygen atoms in total. The van der Waals surface area contributed by atoms with Gasteiger partial charge >= 0.3 is 5.97 Å². The number of methoxy groups -OCH3 is 1. The molecule has 1 atom stereocenters. The summed E-state index contributed by atoms with van der Waals surface area (Å²) in [5.41, 5.74) is 5.85. The highest BCUT2D eigenvalue weighted by atomic mass is 16.6. The number of esters is 1. The normalized spacial score (nSPS) is 12.9. The van der Waals surface area contributed by atoms with E-state index < -0.39 is 5.60 Å². The van der Waals surface area contributed by atoms with Crippen LogP contribution in [0.15, 0.2) is 18.3 Å². The topological polar surface area (TPSA) is 74.4 Å². The molecule has 0 aliphatic carbocycles. The van der Waals surface area contributed by atoms with E-state index in [9.17, 15) is 4.79 Å². The quantitative estimate of drug-likeness (QED) is 0.823. The lowest BCUT2D eigenvalue weighted by Crippen LogP contribution is -2.29. The maximum Gasteiger partial charge on any atom is 0.314 e. The van der Waals surface area contributed by atoms with Crippen molar-refractivity contribution in [2.45, 2.75) is 38.7 Å². The molecule has 1 aromatic heterocycles. The van der Waals surface area contributed by atoms with Gasteiger partial charge in [-0.1, -0.05) is 6.07 Å². The van der Waals surface area contributed by atoms with Gasteiger partial charge in [0.05, 0.1) is 13.0 Å². The van der Waals surface area contributed by atoms with Gasteiger partial charge in [-0.2, -0.15) is 0 Å². The maximum absolute atomic E-state index is 12.2. The smallest absolute Gasteiger partial charge is 0.314 e. The van der Waals surface area contributed by atoms with Crippen LogP contribution in [0.3, 0.4) is 0 Å². The van der Waals surface area contributed by atoms with Crippen LogP contribution in [0.5, 0.6) is 5.88 Å². The molecule has 0 spiro atoms. The molecule has 0 fully saturated rings. The molecule has 0 aliphatic heterocycles. The van der Waals surface area contributed by atoms with Crippen molar-refractivity contribution in [1.82, 2.24) is 4.98 Å². The summed E-state index contributed by atoms with van der Waals surface area (Å²) >= 11 is 0. The van der Waals surface area contributed by atoms with E-state index in [1.165, 1.54) is 0 Å². The van der Waals surface area contributed by atoms with E-state index in [1.807, 2.05) is 26.8 Å². The lowest BCUT2D eigenvalue weighted by Gasteiger charge is -2.24. The second kappa shape index (κ2) is 6.52. The molecule has 0 aliphatic rings. The second-order valence-electron chi connectivity index (χ2n) is 5.30. The van der Waals surface area contributed by atoms with Crippen LogP contribution in [0.2, 0.25) is 0 Å². The third-order valence-corrected chi connectivity index (χ3v) is 2.52. The monoisotopic (exact) mass is 266 g/mol. The Hall–Kier alpha value is -1.62. The van der Waals surface area contributed by atoms with E-state index >= 15 is 0 Å². The first-order valence-electron chi connectivity index (χ1n) is 6.30. The van der Waals surface area contributed by atoms with E-state index in [-0.39, 0.29) is 11.9 Å². The summed E-state index contributed by atoms with van der Waals surface area (Å²) < 4.78 is 10.4. The molecule has 1 aromatic rings. The predicted molar refractivity (Wildman–Crippen MR) is 73.0 cm³/mol. The molecule has 0 bridgehead atoms. The van der Waals surface area contributed by atoms with E-state index in [2.05, 4.69) is 4.98 Å². The van der Waals surface area contributed by atoms with Crippen LogP contribution in [-0.2, 0) is 9.53 Å². The van der Waals surface area contributed by atoms with Crippen molar-refractivity contribution in [2.75, 3.05) is 13.7 Å². The Bertz CT molecular complexity index is 410. The van der Waals surface area contributed by atoms with Crippen LogP contribution < -0.4 is 10.5 Å². The highest BCUT2D eigenvalue weighted by molar-refractivity contribution is 5.78. The van der Waals surface area contributed by atoms with Crippen LogP contribution in [0.1, 0.15) is 38.7 Å². The summed E-state index contributed by atoms with van der Waals surface area (Å²) in [6.07, 6.45) is 2.16. The zero-order chi connectivity index (χ0) is 14.5. The molecule has 5 heteroatoms. The molecule has 0 saturated heterocycles. The van der Waals surface area contributed by atoms with Gasteiger partial charge in [0.1, 0.15) is 5.60 Å². The lowest BCUT2D eigenvalue weighted by molar-refractivity contribution is -0.156. The average Bonchev–Trinajstić information content (AvgIpc) is 2.34. The molecule has 0 radical (unpaired) electrons. The van der Waals surface area contributed by atoms with Gasteiger partial charge in [0, 0.05) is 12.3 Å². The van der Waals surface area contributed by atoms with E-state index in [1.54, 1.807) is 19.4 Å². The fraction of sp³-hybridized carbons (Fsp3) is 0.571. The number of ether oxygens (including phenoxy) is 2. The number of nitrogens with zero attached hydrogens (tertiary/aromatic N) is 1. The number of nitrogens with two attached hydrogens (primary N) is 1. The van der Waals surface area contributed by atoms with Gasteiger partial charge in [-0.05, 0) is 39.3 Å². The number of rotatable bonds is 5. The van der Waals surface area contributed by atoms with Gasteiger partial charge in [-0.15, -0.1) is 0 Å². The second-order valence-corrected chi connectivity index (χ2v) is 5.30. The molecule has 2 N–H and O–H groups in total. The van der Waals surface area contributed by atoms with Crippen molar-refractivity contribution in [3.8, 4) is 5.88 Å². The Balaban J connectivity index is 2.89. The Morgan fingerprint density at radius 1 is 1.42 bits per heavy atom. The molecule has 19 heavy (non-hydrogen) atoms. The molecule has 1 heterocycles. The SMILES string of the molecule is COc1ccc(C(CCN)C(=O)OC(C)(C)C)cn1. The van der Waals surface area contributed by atoms with Crippen molar-refractivity contribution in [1.29, 1.82) is 0 Å². The standard InChI is InChI=1S/C14H22N2O3/c1-14(2,3)19-13(17)11(7-8-15)10-5-6-12(18-4)16-9-10/h5-6,9,11H,7-8,15H2,1-4H3. The number of hydrogen-bond donors (Lipinski definition) is 1. The van der Waals surface area contributed by atoms with Crippen molar-refractivity contribution in [3.63, 3.8) is 0 Å². The number of carbonyl (C=O) groups excluding carboxylic acids is 1. The molecule has 1 unspecified atom stereocenters. The number of carbonyl (C=O) groups is 1. The third kappa shape index (κ3) is 4.87. The highest BCUT2D eigenvalue weighted by Crippen LogP contribution is 2.24. The van der Waals surface area contributed by atoms with Crippen LogP contribution >= 0.6 is 0 Å². The summed E-state index contributed by atoms with van der Waals surface area (Å²) in [6, 6.07) is 3.54. The molecular formula is C14H22N2O3. The largest absolute Gasteiger partial charge is 0.481 e. The van der Waals surface area contributed by atoms with E-state index in [4.69, 9.17) is 15.2 Å². The van der Waals surface area contributed by atoms with Crippen LogP contribution in [0.25, 0.3) is 0 Å². The fourth-order valence-electron chi connectivity index (χ4n) is 1.68. The van der Waals surface area contributed by atoms with Gasteiger partial charge in [0.25, 0.3) is 0 Å². The Labute approximate surface area is 114 Å². The fourth-order valence-corrected chi connectivity index (χ4v) is 1.68. The van der Waals surface area contributed by atoms with Crippen LogP contribution in [0.4, 0.5) is 0 Å².